The molecule has 1 heterocycles. The van der Waals surface area contributed by atoms with Crippen molar-refractivity contribution in [1.82, 2.24) is 25.4 Å². The first-order chi connectivity index (χ1) is 24.8. The zero-order valence-electron chi connectivity index (χ0n) is 30.6. The van der Waals surface area contributed by atoms with Crippen molar-refractivity contribution in [2.24, 2.45) is 11.8 Å². The van der Waals surface area contributed by atoms with E-state index in [1.165, 1.54) is 0 Å². The van der Waals surface area contributed by atoms with Gasteiger partial charge in [-0.3, -0.25) is 19.4 Å². The predicted molar refractivity (Wildman–Crippen MR) is 205 cm³/mol. The monoisotopic (exact) mass is 727 g/mol. The van der Waals surface area contributed by atoms with Crippen LogP contribution in [-0.4, -0.2) is 81.8 Å². The molecule has 4 aromatic rings. The molecule has 0 saturated carbocycles. The Morgan fingerprint density at radius 2 is 1.54 bits per heavy atom. The molecular formula is C41H50ClN5O5. The maximum Gasteiger partial charge on any atom is 0.326 e. The molecule has 0 bridgehead atoms. The third-order valence-corrected chi connectivity index (χ3v) is 9.28. The Morgan fingerprint density at radius 3 is 2.19 bits per heavy atom. The third-order valence-electron chi connectivity index (χ3n) is 9.03. The van der Waals surface area contributed by atoms with Crippen LogP contribution in [0.3, 0.4) is 0 Å². The number of hydrogen-bond donors (Lipinski definition) is 3. The number of nitrogens with zero attached hydrogens (tertiary/aromatic N) is 3. The van der Waals surface area contributed by atoms with Gasteiger partial charge in [-0.15, -0.1) is 0 Å². The van der Waals surface area contributed by atoms with Crippen LogP contribution in [0, 0.1) is 11.8 Å². The van der Waals surface area contributed by atoms with Crippen molar-refractivity contribution in [2.75, 3.05) is 20.1 Å². The number of hydrogen-bond acceptors (Lipinski definition) is 6. The van der Waals surface area contributed by atoms with Gasteiger partial charge in [0.15, 0.2) is 0 Å². The van der Waals surface area contributed by atoms with Crippen LogP contribution >= 0.6 is 11.6 Å². The van der Waals surface area contributed by atoms with Crippen LogP contribution in [0.1, 0.15) is 50.8 Å². The molecule has 10 nitrogen and oxygen atoms in total. The Labute approximate surface area is 311 Å². The predicted octanol–water partition coefficient (Wildman–Crippen LogP) is 5.76. The molecule has 1 aromatic heterocycles. The van der Waals surface area contributed by atoms with Gasteiger partial charge in [0.1, 0.15) is 18.1 Å². The molecule has 0 saturated heterocycles. The number of amides is 3. The number of aromatic nitrogens is 1. The number of benzene rings is 3. The maximum atomic E-state index is 14.5. The van der Waals surface area contributed by atoms with E-state index in [1.54, 1.807) is 55.4 Å². The summed E-state index contributed by atoms with van der Waals surface area (Å²) in [6, 6.07) is 21.3. The van der Waals surface area contributed by atoms with Crippen molar-refractivity contribution in [1.29, 1.82) is 0 Å². The highest BCUT2D eigenvalue weighted by atomic mass is 35.5. The summed E-state index contributed by atoms with van der Waals surface area (Å²) in [5.74, 6) is -2.86. The summed E-state index contributed by atoms with van der Waals surface area (Å²) in [4.78, 5) is 62.7. The summed E-state index contributed by atoms with van der Waals surface area (Å²) in [6.45, 7) is 8.72. The molecule has 52 heavy (non-hydrogen) atoms. The highest BCUT2D eigenvalue weighted by Gasteiger charge is 2.35. The maximum absolute atomic E-state index is 14.5. The van der Waals surface area contributed by atoms with Crippen molar-refractivity contribution >= 4 is 46.1 Å². The minimum absolute atomic E-state index is 0.0254. The number of fused-ring (bicyclic) bond motifs is 1. The molecular weight excluding hydrogens is 678 g/mol. The molecule has 3 aromatic carbocycles. The number of carbonyl (C=O) groups excluding carboxylic acids is 3. The lowest BCUT2D eigenvalue weighted by Gasteiger charge is -2.34. The number of nitrogens with one attached hydrogen (secondary N) is 2. The van der Waals surface area contributed by atoms with Crippen LogP contribution < -0.4 is 10.6 Å². The van der Waals surface area contributed by atoms with E-state index in [0.29, 0.717) is 24.5 Å². The molecule has 0 aliphatic rings. The topological polar surface area (TPSA) is 132 Å². The Bertz CT molecular complexity index is 1800. The highest BCUT2D eigenvalue weighted by molar-refractivity contribution is 6.30. The van der Waals surface area contributed by atoms with E-state index in [-0.39, 0.29) is 31.2 Å². The van der Waals surface area contributed by atoms with Gasteiger partial charge < -0.3 is 25.5 Å². The van der Waals surface area contributed by atoms with Crippen LogP contribution in [0.25, 0.3) is 10.8 Å². The van der Waals surface area contributed by atoms with E-state index in [2.05, 4.69) is 20.5 Å². The van der Waals surface area contributed by atoms with E-state index in [1.807, 2.05) is 75.5 Å². The molecule has 11 heteroatoms. The van der Waals surface area contributed by atoms with E-state index < -0.39 is 41.8 Å². The summed E-state index contributed by atoms with van der Waals surface area (Å²) in [5, 5.41) is 18.0. The van der Waals surface area contributed by atoms with Crippen molar-refractivity contribution in [2.45, 2.75) is 71.6 Å². The van der Waals surface area contributed by atoms with Crippen LogP contribution in [0.4, 0.5) is 0 Å². The minimum atomic E-state index is -1.16. The van der Waals surface area contributed by atoms with Gasteiger partial charge in [0, 0.05) is 43.5 Å². The quantitative estimate of drug-likeness (QED) is 0.119. The number of pyridine rings is 1. The van der Waals surface area contributed by atoms with Gasteiger partial charge in [0.25, 0.3) is 0 Å². The fourth-order valence-electron chi connectivity index (χ4n) is 6.25. The average molecular weight is 728 g/mol. The first-order valence-electron chi connectivity index (χ1n) is 17.7. The lowest BCUT2D eigenvalue weighted by atomic mass is 9.96. The number of rotatable bonds is 18. The average Bonchev–Trinajstić information content (AvgIpc) is 3.10. The SMILES string of the molecule is CC(C)C[C@@H](C(=O)N[C@H](Cc1cccc2ccccc12)C(=O)N[C@@H](C(=O)O)C(C)C)N(CCN(C)Cc1cccnc1)C(=O)Cc1ccc(Cl)cc1. The van der Waals surface area contributed by atoms with Gasteiger partial charge in [-0.25, -0.2) is 4.79 Å². The second kappa shape index (κ2) is 19.2. The summed E-state index contributed by atoms with van der Waals surface area (Å²) >= 11 is 6.12. The first-order valence-corrected chi connectivity index (χ1v) is 18.1. The fraction of sp³-hybridized carbons (Fsp3) is 0.390. The Balaban J connectivity index is 1.67. The summed E-state index contributed by atoms with van der Waals surface area (Å²) in [6.07, 6.45) is 4.03. The van der Waals surface area contributed by atoms with E-state index in [0.717, 1.165) is 27.5 Å². The molecule has 0 spiro atoms. The molecule has 0 unspecified atom stereocenters. The number of carboxylic acid groups (broad SMARTS) is 1. The standard InChI is InChI=1S/C41H50ClN5O5/c1-27(2)22-36(47(37(48)23-29-15-17-33(42)18-16-29)21-20-46(5)26-30-10-9-19-43-25-30)40(50)44-35(39(49)45-38(28(3)4)41(51)52)24-32-13-8-12-31-11-6-7-14-34(31)32/h6-19,25,27-28,35-36,38H,20-24,26H2,1-5H3,(H,44,50)(H,45,49)(H,51,52)/t35-,36+,38-/m1/s1. The number of carbonyl (C=O) groups is 4. The second-order valence-corrected chi connectivity index (χ2v) is 14.5. The molecule has 276 valence electrons. The summed E-state index contributed by atoms with van der Waals surface area (Å²) < 4.78 is 0. The van der Waals surface area contributed by atoms with Crippen LogP contribution in [0.15, 0.2) is 91.3 Å². The first kappa shape index (κ1) is 40.0. The zero-order chi connectivity index (χ0) is 37.8. The van der Waals surface area contributed by atoms with E-state index in [9.17, 15) is 24.3 Å². The molecule has 0 aliphatic carbocycles. The fourth-order valence-corrected chi connectivity index (χ4v) is 6.38. The van der Waals surface area contributed by atoms with Gasteiger partial charge in [0.05, 0.1) is 6.42 Å². The molecule has 0 aliphatic heterocycles. The largest absolute Gasteiger partial charge is 0.480 e. The van der Waals surface area contributed by atoms with Gasteiger partial charge >= 0.3 is 5.97 Å². The van der Waals surface area contributed by atoms with Gasteiger partial charge in [-0.2, -0.15) is 0 Å². The normalized spacial score (nSPS) is 13.2. The third kappa shape index (κ3) is 11.6. The number of aliphatic carboxylic acids is 1. The number of carboxylic acids is 1. The molecule has 3 atom stereocenters. The van der Waals surface area contributed by atoms with Crippen LogP contribution in [-0.2, 0) is 38.6 Å². The molecule has 0 radical (unpaired) electrons. The Hall–Kier alpha value is -4.80. The van der Waals surface area contributed by atoms with Crippen molar-refractivity contribution in [3.05, 3.63) is 113 Å². The molecule has 0 fully saturated rings. The van der Waals surface area contributed by atoms with Crippen molar-refractivity contribution in [3.63, 3.8) is 0 Å². The van der Waals surface area contributed by atoms with Gasteiger partial charge in [0.2, 0.25) is 17.7 Å². The van der Waals surface area contributed by atoms with Crippen LogP contribution in [0.5, 0.6) is 0 Å². The van der Waals surface area contributed by atoms with Crippen molar-refractivity contribution in [3.8, 4) is 0 Å². The summed E-state index contributed by atoms with van der Waals surface area (Å²) in [7, 11) is 1.95. The number of halogens is 1. The minimum Gasteiger partial charge on any atom is -0.480 e. The van der Waals surface area contributed by atoms with Gasteiger partial charge in [-0.1, -0.05) is 100.0 Å². The lowest BCUT2D eigenvalue weighted by molar-refractivity contribution is -0.144. The van der Waals surface area contributed by atoms with Crippen molar-refractivity contribution < 1.29 is 24.3 Å². The lowest BCUT2D eigenvalue weighted by Crippen LogP contribution is -2.58. The molecule has 3 amide bonds. The summed E-state index contributed by atoms with van der Waals surface area (Å²) in [5.41, 5.74) is 2.60. The second-order valence-electron chi connectivity index (χ2n) is 14.1. The van der Waals surface area contributed by atoms with Gasteiger partial charge in [-0.05, 0) is 71.0 Å². The smallest absolute Gasteiger partial charge is 0.326 e. The van der Waals surface area contributed by atoms with E-state index >= 15 is 0 Å². The molecule has 3 N–H and O–H groups in total. The zero-order valence-corrected chi connectivity index (χ0v) is 31.3. The Morgan fingerprint density at radius 1 is 0.827 bits per heavy atom. The van der Waals surface area contributed by atoms with Crippen LogP contribution in [0.2, 0.25) is 5.02 Å². The molecule has 4 rings (SSSR count). The Kier molecular flexibility index (Phi) is 14.7. The van der Waals surface area contributed by atoms with E-state index in [4.69, 9.17) is 11.6 Å². The highest BCUT2D eigenvalue weighted by Crippen LogP contribution is 2.22. The number of likely N-dealkylation sites (N-methyl/N-ethyl adjacent to an activating group) is 1.